The van der Waals surface area contributed by atoms with Crippen LogP contribution in [0.1, 0.15) is 52.7 Å². The number of hydrogen-bond acceptors (Lipinski definition) is 0. The summed E-state index contributed by atoms with van der Waals surface area (Å²) in [6.07, 6.45) is 0. The Hall–Kier alpha value is -3.12. The van der Waals surface area contributed by atoms with Gasteiger partial charge in [-0.2, -0.15) is 0 Å². The maximum Gasteiger partial charge on any atom is -0.00585 e. The van der Waals surface area contributed by atoms with E-state index in [-0.39, 0.29) is 10.8 Å². The third-order valence-electron chi connectivity index (χ3n) is 6.68. The van der Waals surface area contributed by atoms with Crippen LogP contribution in [0, 0.1) is 0 Å². The molecule has 1 aliphatic rings. The summed E-state index contributed by atoms with van der Waals surface area (Å²) in [6.45, 7) is 14.1. The average molecular weight is 417 g/mol. The van der Waals surface area contributed by atoms with Crippen LogP contribution < -0.4 is 0 Å². The molecule has 0 N–H and O–H groups in total. The minimum Gasteiger partial charge on any atom is -0.0616 e. The minimum absolute atomic E-state index is 0.00866. The topological polar surface area (TPSA) is 0 Å². The number of hydrogen-bond donors (Lipinski definition) is 0. The highest BCUT2D eigenvalue weighted by Gasteiger charge is 2.32. The van der Waals surface area contributed by atoms with Crippen molar-refractivity contribution in [1.29, 1.82) is 0 Å². The van der Waals surface area contributed by atoms with Gasteiger partial charge in [0.1, 0.15) is 0 Å². The van der Waals surface area contributed by atoms with Crippen molar-refractivity contribution in [2.75, 3.05) is 0 Å². The molecule has 0 heteroatoms. The van der Waals surface area contributed by atoms with Crippen molar-refractivity contribution in [2.45, 2.75) is 52.4 Å². The van der Waals surface area contributed by atoms with E-state index in [9.17, 15) is 0 Å². The molecule has 0 atom stereocenters. The van der Waals surface area contributed by atoms with Gasteiger partial charge in [0.25, 0.3) is 0 Å². The lowest BCUT2D eigenvalue weighted by molar-refractivity contribution is 0.532. The Balaban J connectivity index is 2.05. The monoisotopic (exact) mass is 416 g/mol. The molecule has 0 aromatic heterocycles. The van der Waals surface area contributed by atoms with Gasteiger partial charge in [-0.15, -0.1) is 0 Å². The van der Waals surface area contributed by atoms with Gasteiger partial charge in [0.05, 0.1) is 0 Å². The molecule has 160 valence electrons. The molecule has 0 heterocycles. The van der Waals surface area contributed by atoms with Gasteiger partial charge in [-0.25, -0.2) is 0 Å². The highest BCUT2D eigenvalue weighted by Crippen LogP contribution is 2.52. The maximum absolute atomic E-state index is 2.38. The van der Waals surface area contributed by atoms with Crippen LogP contribution in [0.3, 0.4) is 0 Å². The summed E-state index contributed by atoms with van der Waals surface area (Å²) < 4.78 is 0. The van der Waals surface area contributed by atoms with Crippen LogP contribution in [0.25, 0.3) is 44.5 Å². The first-order valence-corrected chi connectivity index (χ1v) is 11.6. The summed E-state index contributed by atoms with van der Waals surface area (Å²) in [5, 5.41) is 0. The summed E-state index contributed by atoms with van der Waals surface area (Å²) in [5.41, 5.74) is 13.6. The molecule has 0 saturated carbocycles. The van der Waals surface area contributed by atoms with E-state index in [1.54, 1.807) is 0 Å². The lowest BCUT2D eigenvalue weighted by atomic mass is 9.69. The zero-order valence-corrected chi connectivity index (χ0v) is 20.1. The van der Waals surface area contributed by atoms with Gasteiger partial charge in [0, 0.05) is 0 Å². The summed E-state index contributed by atoms with van der Waals surface area (Å²) in [7, 11) is 0. The largest absolute Gasteiger partial charge is 0.0616 e. The Morgan fingerprint density at radius 2 is 0.750 bits per heavy atom. The molecule has 0 aliphatic heterocycles. The first-order valence-electron chi connectivity index (χ1n) is 11.6. The molecule has 0 fully saturated rings. The highest BCUT2D eigenvalue weighted by atomic mass is 14.4. The van der Waals surface area contributed by atoms with Crippen LogP contribution in [-0.2, 0) is 10.8 Å². The van der Waals surface area contributed by atoms with E-state index in [4.69, 9.17) is 0 Å². The van der Waals surface area contributed by atoms with Crippen LogP contribution in [0.5, 0.6) is 0 Å². The van der Waals surface area contributed by atoms with E-state index >= 15 is 0 Å². The summed E-state index contributed by atoms with van der Waals surface area (Å²) in [5.74, 6) is 0. The van der Waals surface area contributed by atoms with Gasteiger partial charge in [-0.05, 0) is 66.5 Å². The van der Waals surface area contributed by atoms with Gasteiger partial charge in [-0.1, -0.05) is 126 Å². The second-order valence-electron chi connectivity index (χ2n) is 11.0. The van der Waals surface area contributed by atoms with Gasteiger partial charge < -0.3 is 0 Å². The van der Waals surface area contributed by atoms with Crippen molar-refractivity contribution in [3.8, 4) is 44.5 Å². The molecule has 0 amide bonds. The molecule has 1 aliphatic carbocycles. The first kappa shape index (κ1) is 20.8. The van der Waals surface area contributed by atoms with E-state index < -0.39 is 0 Å². The second kappa shape index (κ2) is 7.20. The average Bonchev–Trinajstić information content (AvgIpc) is 2.76. The maximum atomic E-state index is 2.38. The molecular formula is C32H32. The normalized spacial score (nSPS) is 12.7. The van der Waals surface area contributed by atoms with Gasteiger partial charge in [0.2, 0.25) is 0 Å². The lowest BCUT2D eigenvalue weighted by Crippen LogP contribution is -2.23. The highest BCUT2D eigenvalue weighted by molar-refractivity contribution is 6.04. The van der Waals surface area contributed by atoms with Crippen LogP contribution in [0.4, 0.5) is 0 Å². The predicted octanol–water partition coefficient (Wildman–Crippen LogP) is 9.26. The zero-order valence-electron chi connectivity index (χ0n) is 20.1. The van der Waals surface area contributed by atoms with Gasteiger partial charge >= 0.3 is 0 Å². The standard InChI is InChI=1S/C32H32/c1-31(2,3)28-20-19-27-25-17-10-9-15-23(25)21-13-7-8-14-22(21)24-16-11-12-18-26(24)29(27)30(28)32(4,5)6/h7-20H,1-6H3. The van der Waals surface area contributed by atoms with Crippen LogP contribution >= 0.6 is 0 Å². The molecule has 4 aromatic rings. The van der Waals surface area contributed by atoms with E-state index in [0.29, 0.717) is 0 Å². The molecule has 5 rings (SSSR count). The molecule has 0 radical (unpaired) electrons. The minimum atomic E-state index is 0.00866. The summed E-state index contributed by atoms with van der Waals surface area (Å²) in [6, 6.07) is 31.5. The molecule has 0 nitrogen and oxygen atoms in total. The lowest BCUT2D eigenvalue weighted by Gasteiger charge is -2.35. The Labute approximate surface area is 193 Å². The molecule has 4 aromatic carbocycles. The number of rotatable bonds is 0. The molecule has 0 unspecified atom stereocenters. The van der Waals surface area contributed by atoms with Crippen molar-refractivity contribution in [2.24, 2.45) is 0 Å². The van der Waals surface area contributed by atoms with Crippen molar-refractivity contribution in [3.63, 3.8) is 0 Å². The van der Waals surface area contributed by atoms with Crippen LogP contribution in [0.2, 0.25) is 0 Å². The van der Waals surface area contributed by atoms with Gasteiger partial charge in [-0.3, -0.25) is 0 Å². The van der Waals surface area contributed by atoms with Crippen LogP contribution in [0.15, 0.2) is 84.9 Å². The van der Waals surface area contributed by atoms with E-state index in [1.807, 2.05) is 0 Å². The first-order chi connectivity index (χ1) is 15.2. The zero-order chi connectivity index (χ0) is 22.7. The fraction of sp³-hybridized carbons (Fsp3) is 0.250. The quantitative estimate of drug-likeness (QED) is 0.236. The van der Waals surface area contributed by atoms with Crippen molar-refractivity contribution < 1.29 is 0 Å². The van der Waals surface area contributed by atoms with E-state index in [2.05, 4.69) is 126 Å². The third-order valence-corrected chi connectivity index (χ3v) is 6.68. The molecule has 0 saturated heterocycles. The fourth-order valence-corrected chi connectivity index (χ4v) is 5.35. The van der Waals surface area contributed by atoms with Crippen LogP contribution in [-0.4, -0.2) is 0 Å². The van der Waals surface area contributed by atoms with Crippen molar-refractivity contribution >= 4 is 0 Å². The predicted molar refractivity (Wildman–Crippen MR) is 139 cm³/mol. The van der Waals surface area contributed by atoms with E-state index in [1.165, 1.54) is 55.6 Å². The Kier molecular flexibility index (Phi) is 4.67. The SMILES string of the molecule is CC(C)(C)c1ccc2c(c1C(C)(C)C)-c1ccccc1-c1ccccc1-c1ccccc1-2. The Morgan fingerprint density at radius 1 is 0.375 bits per heavy atom. The Bertz CT molecular complexity index is 1320. The van der Waals surface area contributed by atoms with Crippen molar-refractivity contribution in [3.05, 3.63) is 96.1 Å². The molecule has 0 bridgehead atoms. The number of fused-ring (bicyclic) bond motifs is 8. The van der Waals surface area contributed by atoms with Gasteiger partial charge in [0.15, 0.2) is 0 Å². The summed E-state index contributed by atoms with van der Waals surface area (Å²) in [4.78, 5) is 0. The molecular weight excluding hydrogens is 384 g/mol. The second-order valence-corrected chi connectivity index (χ2v) is 11.0. The molecule has 32 heavy (non-hydrogen) atoms. The smallest absolute Gasteiger partial charge is 0.00585 e. The fourth-order valence-electron chi connectivity index (χ4n) is 5.35. The Morgan fingerprint density at radius 3 is 1.16 bits per heavy atom. The number of benzene rings is 4. The molecule has 0 spiro atoms. The van der Waals surface area contributed by atoms with E-state index in [0.717, 1.165) is 0 Å². The van der Waals surface area contributed by atoms with Crippen molar-refractivity contribution in [1.82, 2.24) is 0 Å². The summed E-state index contributed by atoms with van der Waals surface area (Å²) >= 11 is 0. The third kappa shape index (κ3) is 3.21.